The first-order valence-corrected chi connectivity index (χ1v) is 9.38. The van der Waals surface area contributed by atoms with Crippen molar-refractivity contribution in [1.82, 2.24) is 9.88 Å². The van der Waals surface area contributed by atoms with Crippen LogP contribution in [0.5, 0.6) is 11.5 Å². The molecule has 0 aliphatic heterocycles. The van der Waals surface area contributed by atoms with Crippen molar-refractivity contribution in [2.75, 3.05) is 26.9 Å². The average molecular weight is 396 g/mol. The topological polar surface area (TPSA) is 91.9 Å². The summed E-state index contributed by atoms with van der Waals surface area (Å²) in [6, 6.07) is 14.0. The number of pyridine rings is 1. The third-order valence-electron chi connectivity index (χ3n) is 4.54. The van der Waals surface area contributed by atoms with Gasteiger partial charge in [0.15, 0.2) is 0 Å². The van der Waals surface area contributed by atoms with E-state index in [4.69, 9.17) is 9.47 Å². The van der Waals surface area contributed by atoms with Crippen LogP contribution in [0.2, 0.25) is 0 Å². The number of nitrogens with zero attached hydrogens (tertiary/aromatic N) is 1. The van der Waals surface area contributed by atoms with Crippen molar-refractivity contribution in [2.45, 2.75) is 13.5 Å². The van der Waals surface area contributed by atoms with Gasteiger partial charge in [0, 0.05) is 28.6 Å². The molecule has 3 aromatic rings. The van der Waals surface area contributed by atoms with Crippen LogP contribution in [0.4, 0.5) is 0 Å². The molecule has 0 aliphatic carbocycles. The number of H-pyrrole nitrogens is 1. The minimum absolute atomic E-state index is 0.0702. The van der Waals surface area contributed by atoms with E-state index in [1.54, 1.807) is 42.5 Å². The third-order valence-corrected chi connectivity index (χ3v) is 4.54. The normalized spacial score (nSPS) is 10.7. The first-order valence-electron chi connectivity index (χ1n) is 9.38. The van der Waals surface area contributed by atoms with Crippen molar-refractivity contribution in [1.29, 1.82) is 0 Å². The molecule has 2 N–H and O–H groups in total. The molecule has 1 aromatic heterocycles. The van der Waals surface area contributed by atoms with Gasteiger partial charge in [-0.3, -0.25) is 9.59 Å². The van der Waals surface area contributed by atoms with Gasteiger partial charge in [-0.1, -0.05) is 6.07 Å². The number of amides is 1. The predicted molar refractivity (Wildman–Crippen MR) is 111 cm³/mol. The Hall–Kier alpha value is -3.32. The third kappa shape index (κ3) is 4.75. The number of hydrogen-bond donors (Lipinski definition) is 2. The van der Waals surface area contributed by atoms with Crippen LogP contribution >= 0.6 is 0 Å². The molecule has 0 atom stereocenters. The zero-order valence-electron chi connectivity index (χ0n) is 16.5. The number of carbonyl (C=O) groups excluding carboxylic acids is 1. The van der Waals surface area contributed by atoms with Crippen LogP contribution in [-0.4, -0.2) is 47.8 Å². The standard InChI is InChI=1S/C22H24N2O5/c1-3-29-19-7-8-20-16(13-19)11-17(21(26)23-20)14-24(9-10-25)22(27)15-5-4-6-18(12-15)28-2/h4-8,11-13,25H,3,9-10,14H2,1-2H3,(H,23,26). The van der Waals surface area contributed by atoms with Gasteiger partial charge in [-0.05, 0) is 49.4 Å². The Morgan fingerprint density at radius 2 is 1.97 bits per heavy atom. The highest BCUT2D eigenvalue weighted by atomic mass is 16.5. The lowest BCUT2D eigenvalue weighted by atomic mass is 10.1. The number of carbonyl (C=O) groups is 1. The molecular formula is C22H24N2O5. The minimum Gasteiger partial charge on any atom is -0.497 e. The van der Waals surface area contributed by atoms with Gasteiger partial charge in [0.25, 0.3) is 11.5 Å². The average Bonchev–Trinajstić information content (AvgIpc) is 2.74. The number of ether oxygens (including phenoxy) is 2. The summed E-state index contributed by atoms with van der Waals surface area (Å²) in [5.74, 6) is 0.977. The van der Waals surface area contributed by atoms with Crippen LogP contribution in [-0.2, 0) is 6.54 Å². The number of methoxy groups -OCH3 is 1. The predicted octanol–water partition coefficient (Wildman–Crippen LogP) is 2.57. The van der Waals surface area contributed by atoms with E-state index in [0.29, 0.717) is 34.7 Å². The maximum absolute atomic E-state index is 12.9. The lowest BCUT2D eigenvalue weighted by Crippen LogP contribution is -2.35. The fourth-order valence-corrected chi connectivity index (χ4v) is 3.12. The van der Waals surface area contributed by atoms with Crippen molar-refractivity contribution in [2.24, 2.45) is 0 Å². The molecule has 7 heteroatoms. The molecule has 3 rings (SSSR count). The Labute approximate surface area is 168 Å². The van der Waals surface area contributed by atoms with Crippen molar-refractivity contribution in [3.8, 4) is 11.5 Å². The second-order valence-corrected chi connectivity index (χ2v) is 6.49. The molecule has 2 aromatic carbocycles. The highest BCUT2D eigenvalue weighted by Crippen LogP contribution is 2.20. The SMILES string of the molecule is CCOc1ccc2[nH]c(=O)c(CN(CCO)C(=O)c3cccc(OC)c3)cc2c1. The summed E-state index contributed by atoms with van der Waals surface area (Å²) in [5.41, 5.74) is 1.27. The molecule has 0 saturated carbocycles. The van der Waals surface area contributed by atoms with Gasteiger partial charge in [-0.25, -0.2) is 0 Å². The second-order valence-electron chi connectivity index (χ2n) is 6.49. The molecule has 0 unspecified atom stereocenters. The van der Waals surface area contributed by atoms with Crippen molar-refractivity contribution in [3.63, 3.8) is 0 Å². The molecule has 0 aliphatic rings. The van der Waals surface area contributed by atoms with E-state index in [2.05, 4.69) is 4.98 Å². The summed E-state index contributed by atoms with van der Waals surface area (Å²) in [6.07, 6.45) is 0. The summed E-state index contributed by atoms with van der Waals surface area (Å²) in [7, 11) is 1.53. The van der Waals surface area contributed by atoms with Crippen LogP contribution in [0, 0.1) is 0 Å². The van der Waals surface area contributed by atoms with E-state index in [1.165, 1.54) is 12.0 Å². The van der Waals surface area contributed by atoms with E-state index in [9.17, 15) is 14.7 Å². The Morgan fingerprint density at radius 1 is 1.14 bits per heavy atom. The maximum Gasteiger partial charge on any atom is 0.254 e. The fourth-order valence-electron chi connectivity index (χ4n) is 3.12. The molecular weight excluding hydrogens is 372 g/mol. The van der Waals surface area contributed by atoms with Crippen molar-refractivity contribution >= 4 is 16.8 Å². The van der Waals surface area contributed by atoms with E-state index in [1.807, 2.05) is 13.0 Å². The molecule has 1 heterocycles. The van der Waals surface area contributed by atoms with Crippen molar-refractivity contribution in [3.05, 3.63) is 70.0 Å². The summed E-state index contributed by atoms with van der Waals surface area (Å²) >= 11 is 0. The van der Waals surface area contributed by atoms with Gasteiger partial charge >= 0.3 is 0 Å². The number of nitrogens with one attached hydrogen (secondary N) is 1. The molecule has 0 fully saturated rings. The number of aromatic amines is 1. The molecule has 0 saturated heterocycles. The molecule has 0 bridgehead atoms. The molecule has 0 radical (unpaired) electrons. The van der Waals surface area contributed by atoms with Crippen molar-refractivity contribution < 1.29 is 19.4 Å². The van der Waals surface area contributed by atoms with E-state index in [0.717, 1.165) is 5.39 Å². The molecule has 1 amide bonds. The lowest BCUT2D eigenvalue weighted by Gasteiger charge is -2.22. The van der Waals surface area contributed by atoms with Gasteiger partial charge in [0.1, 0.15) is 11.5 Å². The summed E-state index contributed by atoms with van der Waals surface area (Å²) in [4.78, 5) is 29.8. The second kappa shape index (κ2) is 9.25. The van der Waals surface area contributed by atoms with Crippen LogP contribution < -0.4 is 15.0 Å². The summed E-state index contributed by atoms with van der Waals surface area (Å²) in [5, 5.41) is 10.2. The zero-order chi connectivity index (χ0) is 20.8. The highest BCUT2D eigenvalue weighted by molar-refractivity contribution is 5.94. The first kappa shape index (κ1) is 20.4. The van der Waals surface area contributed by atoms with E-state index < -0.39 is 0 Å². The van der Waals surface area contributed by atoms with Crippen LogP contribution in [0.25, 0.3) is 10.9 Å². The number of benzene rings is 2. The van der Waals surface area contributed by atoms with Gasteiger partial charge in [-0.2, -0.15) is 0 Å². The van der Waals surface area contributed by atoms with Crippen LogP contribution in [0.1, 0.15) is 22.8 Å². The zero-order valence-corrected chi connectivity index (χ0v) is 16.5. The Morgan fingerprint density at radius 3 is 2.69 bits per heavy atom. The Kier molecular flexibility index (Phi) is 6.51. The monoisotopic (exact) mass is 396 g/mol. The minimum atomic E-state index is -0.291. The van der Waals surface area contributed by atoms with E-state index >= 15 is 0 Å². The Bertz CT molecular complexity index is 1060. The molecule has 152 valence electrons. The number of aliphatic hydroxyl groups excluding tert-OH is 1. The lowest BCUT2D eigenvalue weighted by molar-refractivity contribution is 0.0707. The van der Waals surface area contributed by atoms with Gasteiger partial charge in [0.2, 0.25) is 0 Å². The maximum atomic E-state index is 12.9. The fraction of sp³-hybridized carbons (Fsp3) is 0.273. The number of fused-ring (bicyclic) bond motifs is 1. The number of hydrogen-bond acceptors (Lipinski definition) is 5. The van der Waals surface area contributed by atoms with Gasteiger partial charge in [-0.15, -0.1) is 0 Å². The number of aliphatic hydroxyl groups is 1. The largest absolute Gasteiger partial charge is 0.497 e. The smallest absolute Gasteiger partial charge is 0.254 e. The number of rotatable bonds is 8. The highest BCUT2D eigenvalue weighted by Gasteiger charge is 2.18. The van der Waals surface area contributed by atoms with Crippen LogP contribution in [0.15, 0.2) is 53.3 Å². The molecule has 0 spiro atoms. The van der Waals surface area contributed by atoms with Crippen LogP contribution in [0.3, 0.4) is 0 Å². The summed E-state index contributed by atoms with van der Waals surface area (Å²) < 4.78 is 10.7. The van der Waals surface area contributed by atoms with E-state index in [-0.39, 0.29) is 31.2 Å². The molecule has 7 nitrogen and oxygen atoms in total. The molecule has 29 heavy (non-hydrogen) atoms. The van der Waals surface area contributed by atoms with Gasteiger partial charge in [0.05, 0.1) is 26.9 Å². The Balaban J connectivity index is 1.92. The quantitative estimate of drug-likeness (QED) is 0.611. The summed E-state index contributed by atoms with van der Waals surface area (Å²) in [6.45, 7) is 2.41. The van der Waals surface area contributed by atoms with Gasteiger partial charge < -0.3 is 24.5 Å². The number of aromatic nitrogens is 1. The first-order chi connectivity index (χ1) is 14.0.